The predicted molar refractivity (Wildman–Crippen MR) is 90.8 cm³/mol. The highest BCUT2D eigenvalue weighted by Gasteiger charge is 2.29. The van der Waals surface area contributed by atoms with E-state index in [0.717, 1.165) is 11.5 Å². The molecule has 0 saturated carbocycles. The van der Waals surface area contributed by atoms with E-state index in [-0.39, 0.29) is 0 Å². The van der Waals surface area contributed by atoms with Gasteiger partial charge in [-0.3, -0.25) is 0 Å². The van der Waals surface area contributed by atoms with E-state index in [1.54, 1.807) is 11.3 Å². The van der Waals surface area contributed by atoms with Gasteiger partial charge in [0.2, 0.25) is 5.69 Å². The molecule has 1 aliphatic rings. The summed E-state index contributed by atoms with van der Waals surface area (Å²) in [5.41, 5.74) is 3.77. The molecule has 0 radical (unpaired) electrons. The van der Waals surface area contributed by atoms with E-state index < -0.39 is 0 Å². The number of hydrogen-bond acceptors (Lipinski definition) is 2. The third-order valence-corrected chi connectivity index (χ3v) is 5.43. The second kappa shape index (κ2) is 4.08. The molecule has 3 heteroatoms. The topological polar surface area (TPSA) is 13.1 Å². The molecule has 2 aromatic carbocycles. The molecule has 3 heterocycles. The molecular formula is C19H14NOS+. The van der Waals surface area contributed by atoms with Crippen molar-refractivity contribution in [3.8, 4) is 22.8 Å². The van der Waals surface area contributed by atoms with Gasteiger partial charge in [0.25, 0.3) is 0 Å². The van der Waals surface area contributed by atoms with Gasteiger partial charge < -0.3 is 4.74 Å². The monoisotopic (exact) mass is 304 g/mol. The molecule has 1 aliphatic heterocycles. The van der Waals surface area contributed by atoms with Crippen molar-refractivity contribution in [3.05, 3.63) is 53.5 Å². The fourth-order valence-corrected chi connectivity index (χ4v) is 4.39. The molecule has 2 nitrogen and oxygen atoms in total. The predicted octanol–water partition coefficient (Wildman–Crippen LogP) is 4.96. The van der Waals surface area contributed by atoms with Crippen molar-refractivity contribution in [3.63, 3.8) is 0 Å². The normalized spacial score (nSPS) is 12.5. The molecule has 4 aromatic rings. The van der Waals surface area contributed by atoms with Crippen molar-refractivity contribution in [2.24, 2.45) is 7.05 Å². The van der Waals surface area contributed by atoms with E-state index in [4.69, 9.17) is 4.74 Å². The number of nitrogens with zero attached hydrogens (tertiary/aromatic N) is 1. The Balaban J connectivity index is 2.04. The highest BCUT2D eigenvalue weighted by molar-refractivity contribution is 7.17. The largest absolute Gasteiger partial charge is 0.455 e. The molecular weight excluding hydrogens is 290 g/mol. The summed E-state index contributed by atoms with van der Waals surface area (Å²) in [5.74, 6) is 1.92. The van der Waals surface area contributed by atoms with Crippen LogP contribution in [0.4, 0.5) is 0 Å². The molecule has 2 aromatic heterocycles. The van der Waals surface area contributed by atoms with Crippen LogP contribution in [0.2, 0.25) is 0 Å². The van der Waals surface area contributed by atoms with Crippen LogP contribution < -0.4 is 9.30 Å². The molecule has 0 spiro atoms. The average Bonchev–Trinajstić information content (AvgIpc) is 2.99. The van der Waals surface area contributed by atoms with Gasteiger partial charge in [-0.15, -0.1) is 11.3 Å². The molecule has 0 bridgehead atoms. The Morgan fingerprint density at radius 3 is 2.91 bits per heavy atom. The number of aryl methyl sites for hydroxylation is 2. The van der Waals surface area contributed by atoms with Crippen molar-refractivity contribution in [2.45, 2.75) is 6.92 Å². The van der Waals surface area contributed by atoms with Gasteiger partial charge in [-0.05, 0) is 46.8 Å². The molecule has 0 fully saturated rings. The van der Waals surface area contributed by atoms with E-state index in [9.17, 15) is 0 Å². The second-order valence-corrected chi connectivity index (χ2v) is 6.75. The Morgan fingerprint density at radius 2 is 2.00 bits per heavy atom. The van der Waals surface area contributed by atoms with E-state index in [0.29, 0.717) is 0 Å². The van der Waals surface area contributed by atoms with Crippen molar-refractivity contribution in [1.29, 1.82) is 0 Å². The lowest BCUT2D eigenvalue weighted by Gasteiger charge is -2.20. The Bertz CT molecular complexity index is 1080. The number of hydrogen-bond donors (Lipinski definition) is 0. The van der Waals surface area contributed by atoms with E-state index >= 15 is 0 Å². The number of benzene rings is 2. The summed E-state index contributed by atoms with van der Waals surface area (Å²) >= 11 is 1.77. The maximum atomic E-state index is 6.26. The van der Waals surface area contributed by atoms with Gasteiger partial charge in [-0.25, -0.2) is 4.57 Å². The van der Waals surface area contributed by atoms with Crippen LogP contribution in [0.25, 0.3) is 32.1 Å². The molecule has 106 valence electrons. The van der Waals surface area contributed by atoms with Crippen molar-refractivity contribution in [2.75, 3.05) is 0 Å². The summed E-state index contributed by atoms with van der Waals surface area (Å²) in [5, 5.41) is 5.90. The molecule has 0 N–H and O–H groups in total. The highest BCUT2D eigenvalue weighted by atomic mass is 32.1. The van der Waals surface area contributed by atoms with Gasteiger partial charge >= 0.3 is 0 Å². The minimum atomic E-state index is 0.950. The molecule has 0 atom stereocenters. The molecule has 0 saturated heterocycles. The van der Waals surface area contributed by atoms with Gasteiger partial charge in [0, 0.05) is 10.8 Å². The fraction of sp³-hybridized carbons (Fsp3) is 0.105. The van der Waals surface area contributed by atoms with Gasteiger partial charge in [-0.2, -0.15) is 0 Å². The maximum Gasteiger partial charge on any atom is 0.228 e. The Hall–Kier alpha value is -2.39. The first-order valence-corrected chi connectivity index (χ1v) is 8.22. The number of fused-ring (bicyclic) bond motifs is 3. The zero-order valence-corrected chi connectivity index (χ0v) is 13.2. The number of rotatable bonds is 0. The number of ether oxygens (including phenoxy) is 1. The Labute approximate surface area is 132 Å². The second-order valence-electron chi connectivity index (χ2n) is 5.80. The van der Waals surface area contributed by atoms with Gasteiger partial charge in [0.1, 0.15) is 18.5 Å². The SMILES string of the molecule is Cc1c2c(cc3sccc13)Oc1cccc3cc[n+](C)c-2c13. The summed E-state index contributed by atoms with van der Waals surface area (Å²) < 4.78 is 9.75. The summed E-state index contributed by atoms with van der Waals surface area (Å²) in [6.45, 7) is 2.20. The molecule has 22 heavy (non-hydrogen) atoms. The standard InChI is InChI=1S/C19H14NOS/c1-11-13-7-9-22-16(13)10-15-17(11)19-18-12(6-8-20(19)2)4-3-5-14(18)21-15/h3-10H,1-2H3/q+1. The van der Waals surface area contributed by atoms with Gasteiger partial charge in [0.15, 0.2) is 6.20 Å². The Kier molecular flexibility index (Phi) is 2.26. The molecule has 5 rings (SSSR count). The van der Waals surface area contributed by atoms with Crippen molar-refractivity contribution >= 4 is 32.2 Å². The van der Waals surface area contributed by atoms with Crippen LogP contribution in [0.3, 0.4) is 0 Å². The fourth-order valence-electron chi connectivity index (χ4n) is 3.52. The van der Waals surface area contributed by atoms with Crippen LogP contribution in [0.1, 0.15) is 5.56 Å². The smallest absolute Gasteiger partial charge is 0.228 e. The van der Waals surface area contributed by atoms with Crippen molar-refractivity contribution in [1.82, 2.24) is 0 Å². The number of pyridine rings is 1. The summed E-state index contributed by atoms with van der Waals surface area (Å²) in [6, 6.07) is 12.8. The zero-order valence-electron chi connectivity index (χ0n) is 12.4. The molecule has 0 unspecified atom stereocenters. The lowest BCUT2D eigenvalue weighted by atomic mass is 9.94. The Morgan fingerprint density at radius 1 is 1.09 bits per heavy atom. The summed E-state index contributed by atoms with van der Waals surface area (Å²) in [6.07, 6.45) is 2.13. The van der Waals surface area contributed by atoms with Crippen LogP contribution in [-0.2, 0) is 7.05 Å². The zero-order chi connectivity index (χ0) is 14.8. The van der Waals surface area contributed by atoms with Crippen molar-refractivity contribution < 1.29 is 9.30 Å². The first-order valence-electron chi connectivity index (χ1n) is 7.34. The van der Waals surface area contributed by atoms with Crippen LogP contribution in [0.15, 0.2) is 48.0 Å². The summed E-state index contributed by atoms with van der Waals surface area (Å²) in [4.78, 5) is 0. The van der Waals surface area contributed by atoms with Gasteiger partial charge in [0.05, 0.1) is 10.9 Å². The lowest BCUT2D eigenvalue weighted by Crippen LogP contribution is -2.31. The van der Waals surface area contributed by atoms with Crippen LogP contribution >= 0.6 is 11.3 Å². The lowest BCUT2D eigenvalue weighted by molar-refractivity contribution is -0.659. The average molecular weight is 304 g/mol. The quantitative estimate of drug-likeness (QED) is 0.369. The minimum absolute atomic E-state index is 0.950. The summed E-state index contributed by atoms with van der Waals surface area (Å²) in [7, 11) is 2.11. The number of aromatic nitrogens is 1. The van der Waals surface area contributed by atoms with Crippen LogP contribution in [-0.4, -0.2) is 0 Å². The third kappa shape index (κ3) is 1.41. The van der Waals surface area contributed by atoms with Crippen LogP contribution in [0.5, 0.6) is 11.5 Å². The third-order valence-electron chi connectivity index (χ3n) is 4.57. The van der Waals surface area contributed by atoms with Gasteiger partial charge in [-0.1, -0.05) is 12.1 Å². The van der Waals surface area contributed by atoms with E-state index in [2.05, 4.69) is 66.5 Å². The van der Waals surface area contributed by atoms with E-state index in [1.165, 1.54) is 37.7 Å². The van der Waals surface area contributed by atoms with E-state index in [1.807, 2.05) is 0 Å². The minimum Gasteiger partial charge on any atom is -0.455 e. The molecule has 0 amide bonds. The first kappa shape index (κ1) is 12.2. The maximum absolute atomic E-state index is 6.26. The number of thiophene rings is 1. The van der Waals surface area contributed by atoms with Crippen LogP contribution in [0, 0.1) is 6.92 Å². The first-order chi connectivity index (χ1) is 10.7. The molecule has 0 aliphatic carbocycles. The highest BCUT2D eigenvalue weighted by Crippen LogP contribution is 2.48.